The van der Waals surface area contributed by atoms with Crippen molar-refractivity contribution in [3.05, 3.63) is 0 Å². The third kappa shape index (κ3) is 40.1. The number of carbonyl (C=O) groups is 3. The first-order valence-corrected chi connectivity index (χ1v) is 23.8. The zero-order chi connectivity index (χ0) is 39.7. The summed E-state index contributed by atoms with van der Waals surface area (Å²) in [5.41, 5.74) is 0. The van der Waals surface area contributed by atoms with Crippen LogP contribution in [0.4, 0.5) is 0 Å². The van der Waals surface area contributed by atoms with Gasteiger partial charge in [0, 0.05) is 19.3 Å². The summed E-state index contributed by atoms with van der Waals surface area (Å²) >= 11 is 0. The molecular formula is C48H92O6. The molecule has 0 saturated carbocycles. The van der Waals surface area contributed by atoms with Gasteiger partial charge < -0.3 is 14.2 Å². The molecule has 0 aliphatic carbocycles. The van der Waals surface area contributed by atoms with E-state index in [9.17, 15) is 14.4 Å². The van der Waals surface area contributed by atoms with Gasteiger partial charge in [-0.2, -0.15) is 0 Å². The molecule has 6 nitrogen and oxygen atoms in total. The molecule has 320 valence electrons. The Bertz CT molecular complexity index is 826. The van der Waals surface area contributed by atoms with Crippen LogP contribution in [0.1, 0.15) is 259 Å². The summed E-state index contributed by atoms with van der Waals surface area (Å²) < 4.78 is 16.6. The Morgan fingerprint density at radius 3 is 1.06 bits per heavy atom. The number of rotatable bonds is 42. The molecule has 0 amide bonds. The zero-order valence-electron chi connectivity index (χ0n) is 36.8. The van der Waals surface area contributed by atoms with Crippen LogP contribution in [0, 0.1) is 11.8 Å². The summed E-state index contributed by atoms with van der Waals surface area (Å²) in [6, 6.07) is 0. The molecule has 0 aliphatic heterocycles. The van der Waals surface area contributed by atoms with E-state index in [1.54, 1.807) is 0 Å². The van der Waals surface area contributed by atoms with Crippen molar-refractivity contribution < 1.29 is 28.6 Å². The van der Waals surface area contributed by atoms with Crippen LogP contribution in [0.25, 0.3) is 0 Å². The minimum Gasteiger partial charge on any atom is -0.462 e. The fourth-order valence-corrected chi connectivity index (χ4v) is 7.07. The lowest BCUT2D eigenvalue weighted by Gasteiger charge is -2.18. The van der Waals surface area contributed by atoms with Crippen molar-refractivity contribution in [2.24, 2.45) is 11.8 Å². The van der Waals surface area contributed by atoms with E-state index in [4.69, 9.17) is 14.2 Å². The second kappa shape index (κ2) is 41.1. The van der Waals surface area contributed by atoms with E-state index < -0.39 is 6.10 Å². The Balaban J connectivity index is 4.14. The molecule has 54 heavy (non-hydrogen) atoms. The van der Waals surface area contributed by atoms with Crippen LogP contribution in [-0.2, 0) is 28.6 Å². The number of ether oxygens (including phenoxy) is 3. The highest BCUT2D eigenvalue weighted by Crippen LogP contribution is 2.17. The Labute approximate surface area is 336 Å². The normalized spacial score (nSPS) is 12.6. The van der Waals surface area contributed by atoms with Gasteiger partial charge >= 0.3 is 17.9 Å². The van der Waals surface area contributed by atoms with E-state index in [-0.39, 0.29) is 31.1 Å². The summed E-state index contributed by atoms with van der Waals surface area (Å²) in [4.78, 5) is 37.5. The van der Waals surface area contributed by atoms with Crippen molar-refractivity contribution in [1.82, 2.24) is 0 Å². The molecule has 0 fully saturated rings. The largest absolute Gasteiger partial charge is 0.462 e. The van der Waals surface area contributed by atoms with Gasteiger partial charge in [0.2, 0.25) is 0 Å². The maximum Gasteiger partial charge on any atom is 0.306 e. The van der Waals surface area contributed by atoms with Crippen molar-refractivity contribution in [3.63, 3.8) is 0 Å². The Hall–Kier alpha value is -1.59. The summed E-state index contributed by atoms with van der Waals surface area (Å²) in [5.74, 6) is 0.843. The zero-order valence-corrected chi connectivity index (χ0v) is 36.8. The van der Waals surface area contributed by atoms with Gasteiger partial charge in [0.1, 0.15) is 13.2 Å². The van der Waals surface area contributed by atoms with Gasteiger partial charge in [0.25, 0.3) is 0 Å². The SMILES string of the molecule is CCCCCCCC(=O)OC[C@@H](COC(=O)CCCCCCCCCCCCCCCCC(C)CC)OC(=O)CCCCCCCCCCCCC(C)C. The van der Waals surface area contributed by atoms with Gasteiger partial charge in [-0.05, 0) is 31.1 Å². The molecule has 0 heterocycles. The first-order valence-electron chi connectivity index (χ1n) is 23.8. The predicted molar refractivity (Wildman–Crippen MR) is 229 cm³/mol. The summed E-state index contributed by atoms with van der Waals surface area (Å²) in [5, 5.41) is 0. The highest BCUT2D eigenvalue weighted by molar-refractivity contribution is 5.71. The Morgan fingerprint density at radius 2 is 0.704 bits per heavy atom. The van der Waals surface area contributed by atoms with E-state index >= 15 is 0 Å². The lowest BCUT2D eigenvalue weighted by Crippen LogP contribution is -2.30. The van der Waals surface area contributed by atoms with Crippen molar-refractivity contribution >= 4 is 17.9 Å². The molecule has 0 saturated heterocycles. The van der Waals surface area contributed by atoms with Crippen molar-refractivity contribution in [2.75, 3.05) is 13.2 Å². The van der Waals surface area contributed by atoms with E-state index in [0.717, 1.165) is 76.0 Å². The van der Waals surface area contributed by atoms with Crippen LogP contribution in [0.3, 0.4) is 0 Å². The van der Waals surface area contributed by atoms with Crippen LogP contribution < -0.4 is 0 Å². The number of carbonyl (C=O) groups excluding carboxylic acids is 3. The maximum atomic E-state index is 12.7. The lowest BCUT2D eigenvalue weighted by molar-refractivity contribution is -0.167. The molecule has 0 rings (SSSR count). The Kier molecular flexibility index (Phi) is 39.8. The van der Waals surface area contributed by atoms with Gasteiger partial charge in [0.05, 0.1) is 0 Å². The van der Waals surface area contributed by atoms with Gasteiger partial charge in [-0.25, -0.2) is 0 Å². The molecule has 2 atom stereocenters. The maximum absolute atomic E-state index is 12.7. The lowest BCUT2D eigenvalue weighted by atomic mass is 9.99. The average Bonchev–Trinajstić information content (AvgIpc) is 3.15. The summed E-state index contributed by atoms with van der Waals surface area (Å²) in [6.45, 7) is 11.3. The quantitative estimate of drug-likeness (QED) is 0.0350. The van der Waals surface area contributed by atoms with Gasteiger partial charge in [-0.15, -0.1) is 0 Å². The van der Waals surface area contributed by atoms with Crippen LogP contribution in [0.2, 0.25) is 0 Å². The number of esters is 3. The van der Waals surface area contributed by atoms with Crippen LogP contribution in [0.15, 0.2) is 0 Å². The smallest absolute Gasteiger partial charge is 0.306 e. The first kappa shape index (κ1) is 52.4. The van der Waals surface area contributed by atoms with E-state index in [1.165, 1.54) is 141 Å². The fraction of sp³-hybridized carbons (Fsp3) is 0.938. The monoisotopic (exact) mass is 765 g/mol. The number of unbranched alkanes of at least 4 members (excludes halogenated alkanes) is 26. The van der Waals surface area contributed by atoms with E-state index in [1.807, 2.05) is 0 Å². The third-order valence-corrected chi connectivity index (χ3v) is 11.1. The summed E-state index contributed by atoms with van der Waals surface area (Å²) in [7, 11) is 0. The highest BCUT2D eigenvalue weighted by Gasteiger charge is 2.19. The second-order valence-corrected chi connectivity index (χ2v) is 17.1. The average molecular weight is 765 g/mol. The number of hydrogen-bond acceptors (Lipinski definition) is 6. The van der Waals surface area contributed by atoms with Crippen LogP contribution in [0.5, 0.6) is 0 Å². The highest BCUT2D eigenvalue weighted by atomic mass is 16.6. The van der Waals surface area contributed by atoms with Gasteiger partial charge in [-0.1, -0.05) is 221 Å². The molecule has 0 spiro atoms. The predicted octanol–water partition coefficient (Wildman–Crippen LogP) is 15.0. The van der Waals surface area contributed by atoms with E-state index in [2.05, 4.69) is 34.6 Å². The van der Waals surface area contributed by atoms with E-state index in [0.29, 0.717) is 19.3 Å². The number of hydrogen-bond donors (Lipinski definition) is 0. The molecule has 0 aromatic heterocycles. The molecule has 0 bridgehead atoms. The minimum atomic E-state index is -0.759. The van der Waals surface area contributed by atoms with Crippen molar-refractivity contribution in [3.8, 4) is 0 Å². The molecule has 1 unspecified atom stereocenters. The second-order valence-electron chi connectivity index (χ2n) is 17.1. The molecule has 6 heteroatoms. The minimum absolute atomic E-state index is 0.0654. The first-order chi connectivity index (χ1) is 26.3. The van der Waals surface area contributed by atoms with Crippen LogP contribution >= 0.6 is 0 Å². The molecular weight excluding hydrogens is 673 g/mol. The molecule has 0 aliphatic rings. The standard InChI is InChI=1S/C48H92O6/c1-6-8-9-26-33-38-46(49)52-41-45(54-48(51)40-35-30-25-21-17-16-18-22-27-31-36-43(3)4)42-53-47(50)39-34-29-24-20-15-13-11-10-12-14-19-23-28-32-37-44(5)7-2/h43-45H,6-42H2,1-5H3/t44?,45-/m0/s1. The van der Waals surface area contributed by atoms with Crippen molar-refractivity contribution in [1.29, 1.82) is 0 Å². The van der Waals surface area contributed by atoms with Gasteiger partial charge in [0.15, 0.2) is 6.10 Å². The van der Waals surface area contributed by atoms with Crippen LogP contribution in [-0.4, -0.2) is 37.2 Å². The van der Waals surface area contributed by atoms with Crippen molar-refractivity contribution in [2.45, 2.75) is 265 Å². The third-order valence-electron chi connectivity index (χ3n) is 11.1. The molecule has 0 N–H and O–H groups in total. The fourth-order valence-electron chi connectivity index (χ4n) is 7.07. The topological polar surface area (TPSA) is 78.9 Å². The van der Waals surface area contributed by atoms with Gasteiger partial charge in [-0.3, -0.25) is 14.4 Å². The molecule has 0 aromatic carbocycles. The Morgan fingerprint density at radius 1 is 0.389 bits per heavy atom. The molecule has 0 radical (unpaired) electrons. The summed E-state index contributed by atoms with van der Waals surface area (Å²) in [6.07, 6.45) is 39.7. The molecule has 0 aromatic rings.